The van der Waals surface area contributed by atoms with E-state index in [9.17, 15) is 4.79 Å². The number of methoxy groups -OCH3 is 1. The summed E-state index contributed by atoms with van der Waals surface area (Å²) in [7, 11) is 1.61. The number of carbonyl (C=O) groups excluding carboxylic acids is 1. The average Bonchev–Trinajstić information content (AvgIpc) is 2.49. The molecule has 0 spiro atoms. The Hall–Kier alpha value is -2.29. The van der Waals surface area contributed by atoms with Crippen LogP contribution in [0.3, 0.4) is 0 Å². The van der Waals surface area contributed by atoms with Crippen molar-refractivity contribution >= 4 is 5.91 Å². The molecule has 21 heavy (non-hydrogen) atoms. The van der Waals surface area contributed by atoms with Gasteiger partial charge in [0.2, 0.25) is 0 Å². The smallest absolute Gasteiger partial charge is 0.251 e. The fourth-order valence-electron chi connectivity index (χ4n) is 2.33. The van der Waals surface area contributed by atoms with E-state index < -0.39 is 0 Å². The highest BCUT2D eigenvalue weighted by molar-refractivity contribution is 5.94. The lowest BCUT2D eigenvalue weighted by Gasteiger charge is -2.17. The summed E-state index contributed by atoms with van der Waals surface area (Å²) in [5.41, 5.74) is 4.16. The lowest BCUT2D eigenvalue weighted by molar-refractivity contribution is 0.0940. The van der Waals surface area contributed by atoms with Gasteiger partial charge in [0.1, 0.15) is 5.75 Å². The minimum absolute atomic E-state index is 0.0282. The van der Waals surface area contributed by atoms with Crippen molar-refractivity contribution in [2.45, 2.75) is 26.8 Å². The average molecular weight is 283 g/mol. The Morgan fingerprint density at radius 2 is 1.76 bits per heavy atom. The van der Waals surface area contributed by atoms with E-state index in [-0.39, 0.29) is 11.9 Å². The van der Waals surface area contributed by atoms with Crippen molar-refractivity contribution < 1.29 is 9.53 Å². The first-order chi connectivity index (χ1) is 10.0. The maximum absolute atomic E-state index is 12.3. The molecule has 0 unspecified atom stereocenters. The first-order valence-corrected chi connectivity index (χ1v) is 7.03. The molecule has 2 aromatic rings. The zero-order valence-corrected chi connectivity index (χ0v) is 12.9. The molecule has 1 N–H and O–H groups in total. The molecule has 0 saturated carbocycles. The number of aryl methyl sites for hydroxylation is 2. The van der Waals surface area contributed by atoms with Gasteiger partial charge < -0.3 is 10.1 Å². The molecule has 2 rings (SSSR count). The second kappa shape index (κ2) is 6.44. The molecule has 0 radical (unpaired) electrons. The first-order valence-electron chi connectivity index (χ1n) is 7.03. The van der Waals surface area contributed by atoms with Gasteiger partial charge in [-0.15, -0.1) is 0 Å². The van der Waals surface area contributed by atoms with E-state index in [2.05, 4.69) is 37.4 Å². The van der Waals surface area contributed by atoms with Gasteiger partial charge in [0.05, 0.1) is 13.2 Å². The van der Waals surface area contributed by atoms with Crippen molar-refractivity contribution in [3.05, 3.63) is 64.7 Å². The lowest BCUT2D eigenvalue weighted by Crippen LogP contribution is -2.27. The molecule has 2 aromatic carbocycles. The van der Waals surface area contributed by atoms with Gasteiger partial charge in [-0.05, 0) is 56.2 Å². The number of ether oxygens (including phenoxy) is 1. The van der Waals surface area contributed by atoms with Crippen LogP contribution in [0.5, 0.6) is 5.75 Å². The minimum Gasteiger partial charge on any atom is -0.497 e. The van der Waals surface area contributed by atoms with E-state index in [0.29, 0.717) is 5.56 Å². The first kappa shape index (κ1) is 15.1. The van der Waals surface area contributed by atoms with E-state index in [1.165, 1.54) is 11.1 Å². The predicted octanol–water partition coefficient (Wildman–Crippen LogP) is 3.80. The summed E-state index contributed by atoms with van der Waals surface area (Å²) in [6.45, 7) is 6.12. The number of amides is 1. The van der Waals surface area contributed by atoms with Crippen LogP contribution in [-0.2, 0) is 0 Å². The van der Waals surface area contributed by atoms with Crippen molar-refractivity contribution in [2.75, 3.05) is 7.11 Å². The van der Waals surface area contributed by atoms with E-state index >= 15 is 0 Å². The summed E-state index contributed by atoms with van der Waals surface area (Å²) in [6, 6.07) is 13.4. The second-order valence-corrected chi connectivity index (χ2v) is 5.28. The molecular formula is C18H21NO2. The van der Waals surface area contributed by atoms with Gasteiger partial charge in [-0.1, -0.05) is 23.8 Å². The van der Waals surface area contributed by atoms with Crippen LogP contribution < -0.4 is 10.1 Å². The summed E-state index contributed by atoms with van der Waals surface area (Å²) in [5.74, 6) is 0.667. The van der Waals surface area contributed by atoms with Crippen LogP contribution in [-0.4, -0.2) is 13.0 Å². The fourth-order valence-corrected chi connectivity index (χ4v) is 2.33. The van der Waals surface area contributed by atoms with E-state index in [4.69, 9.17) is 4.74 Å². The van der Waals surface area contributed by atoms with E-state index in [1.54, 1.807) is 31.4 Å². The van der Waals surface area contributed by atoms with Gasteiger partial charge in [-0.3, -0.25) is 4.79 Å². The number of rotatable bonds is 4. The van der Waals surface area contributed by atoms with Crippen LogP contribution in [0.15, 0.2) is 42.5 Å². The summed E-state index contributed by atoms with van der Waals surface area (Å²) in [4.78, 5) is 12.3. The molecule has 0 fully saturated rings. The molecule has 110 valence electrons. The third-order valence-corrected chi connectivity index (χ3v) is 3.60. The molecule has 3 heteroatoms. The van der Waals surface area contributed by atoms with Crippen LogP contribution in [0.25, 0.3) is 0 Å². The van der Waals surface area contributed by atoms with Gasteiger partial charge in [-0.25, -0.2) is 0 Å². The Balaban J connectivity index is 2.12. The monoisotopic (exact) mass is 283 g/mol. The third-order valence-electron chi connectivity index (χ3n) is 3.60. The third kappa shape index (κ3) is 3.63. The number of hydrogen-bond acceptors (Lipinski definition) is 2. The van der Waals surface area contributed by atoms with Crippen LogP contribution >= 0.6 is 0 Å². The quantitative estimate of drug-likeness (QED) is 0.926. The van der Waals surface area contributed by atoms with Crippen LogP contribution in [0, 0.1) is 13.8 Å². The molecular weight excluding hydrogens is 262 g/mol. The maximum Gasteiger partial charge on any atom is 0.251 e. The minimum atomic E-state index is -0.0777. The molecule has 0 aliphatic rings. The Morgan fingerprint density at radius 1 is 1.10 bits per heavy atom. The molecule has 0 aliphatic heterocycles. The Bertz CT molecular complexity index is 632. The molecule has 3 nitrogen and oxygen atoms in total. The highest BCUT2D eigenvalue weighted by Gasteiger charge is 2.13. The summed E-state index contributed by atoms with van der Waals surface area (Å²) < 4.78 is 5.10. The van der Waals surface area contributed by atoms with Crippen molar-refractivity contribution in [1.82, 2.24) is 5.32 Å². The molecule has 0 saturated heterocycles. The molecule has 0 bridgehead atoms. The van der Waals surface area contributed by atoms with E-state index in [0.717, 1.165) is 11.3 Å². The van der Waals surface area contributed by atoms with Gasteiger partial charge in [-0.2, -0.15) is 0 Å². The van der Waals surface area contributed by atoms with Gasteiger partial charge in [0.25, 0.3) is 5.91 Å². The zero-order valence-electron chi connectivity index (χ0n) is 12.9. The zero-order chi connectivity index (χ0) is 15.4. The molecule has 0 aliphatic carbocycles. The Morgan fingerprint density at radius 3 is 2.38 bits per heavy atom. The topological polar surface area (TPSA) is 38.3 Å². The summed E-state index contributed by atoms with van der Waals surface area (Å²) in [5, 5.41) is 3.04. The largest absolute Gasteiger partial charge is 0.497 e. The van der Waals surface area contributed by atoms with Crippen molar-refractivity contribution in [1.29, 1.82) is 0 Å². The highest BCUT2D eigenvalue weighted by atomic mass is 16.5. The Labute approximate surface area is 126 Å². The fraction of sp³-hybridized carbons (Fsp3) is 0.278. The number of hydrogen-bond donors (Lipinski definition) is 1. The number of benzene rings is 2. The second-order valence-electron chi connectivity index (χ2n) is 5.28. The molecule has 0 heterocycles. The van der Waals surface area contributed by atoms with Crippen LogP contribution in [0.2, 0.25) is 0 Å². The molecule has 1 amide bonds. The summed E-state index contributed by atoms with van der Waals surface area (Å²) >= 11 is 0. The maximum atomic E-state index is 12.3. The predicted molar refractivity (Wildman–Crippen MR) is 84.8 cm³/mol. The van der Waals surface area contributed by atoms with E-state index in [1.807, 2.05) is 6.92 Å². The number of nitrogens with one attached hydrogen (secondary N) is 1. The summed E-state index contributed by atoms with van der Waals surface area (Å²) in [6.07, 6.45) is 0. The normalized spacial score (nSPS) is 11.8. The standard InChI is InChI=1S/C18H21NO2/c1-12-5-6-13(2)17(11-12)14(3)19-18(20)15-7-9-16(21-4)10-8-15/h5-11,14H,1-4H3,(H,19,20)/t14-/m0/s1. The van der Waals surface area contributed by atoms with Gasteiger partial charge in [0.15, 0.2) is 0 Å². The Kier molecular flexibility index (Phi) is 4.63. The lowest BCUT2D eigenvalue weighted by atomic mass is 10.00. The van der Waals surface area contributed by atoms with Crippen LogP contribution in [0.1, 0.15) is 40.0 Å². The van der Waals surface area contributed by atoms with Crippen molar-refractivity contribution in [3.63, 3.8) is 0 Å². The highest BCUT2D eigenvalue weighted by Crippen LogP contribution is 2.19. The SMILES string of the molecule is COc1ccc(C(=O)N[C@@H](C)c2cc(C)ccc2C)cc1. The van der Waals surface area contributed by atoms with Crippen molar-refractivity contribution in [3.8, 4) is 5.75 Å². The van der Waals surface area contributed by atoms with Crippen molar-refractivity contribution in [2.24, 2.45) is 0 Å². The molecule has 0 aromatic heterocycles. The van der Waals surface area contributed by atoms with Crippen LogP contribution in [0.4, 0.5) is 0 Å². The van der Waals surface area contributed by atoms with Gasteiger partial charge in [0, 0.05) is 5.56 Å². The number of carbonyl (C=O) groups is 1. The molecule has 1 atom stereocenters. The van der Waals surface area contributed by atoms with Gasteiger partial charge >= 0.3 is 0 Å².